The van der Waals surface area contributed by atoms with Crippen molar-refractivity contribution < 1.29 is 4.39 Å². The smallest absolute Gasteiger partial charge is 0.224 e. The SMILES string of the molecule is Cn1nccc1Nc1cnc2c(c1)CN(c1nc(Cl)nc3ccc(F)cc13)CC2. The molecule has 0 radical (unpaired) electrons. The van der Waals surface area contributed by atoms with Crippen LogP contribution < -0.4 is 10.2 Å². The Hall–Kier alpha value is -3.26. The molecule has 5 rings (SSSR count). The van der Waals surface area contributed by atoms with E-state index in [1.807, 2.05) is 19.3 Å². The van der Waals surface area contributed by atoms with Gasteiger partial charge in [-0.3, -0.25) is 9.67 Å². The number of halogens is 2. The van der Waals surface area contributed by atoms with Crippen molar-refractivity contribution in [1.29, 1.82) is 0 Å². The van der Waals surface area contributed by atoms with E-state index >= 15 is 0 Å². The number of nitrogens with one attached hydrogen (secondary N) is 1. The van der Waals surface area contributed by atoms with Gasteiger partial charge in [0.2, 0.25) is 5.28 Å². The topological polar surface area (TPSA) is 71.8 Å². The number of hydrogen-bond donors (Lipinski definition) is 1. The van der Waals surface area contributed by atoms with E-state index in [0.29, 0.717) is 29.8 Å². The highest BCUT2D eigenvalue weighted by atomic mass is 35.5. The maximum Gasteiger partial charge on any atom is 0.224 e. The molecule has 0 atom stereocenters. The van der Waals surface area contributed by atoms with Crippen molar-refractivity contribution in [2.45, 2.75) is 13.0 Å². The van der Waals surface area contributed by atoms with Gasteiger partial charge in [0.1, 0.15) is 17.5 Å². The molecule has 4 heterocycles. The lowest BCUT2D eigenvalue weighted by molar-refractivity contribution is 0.629. The summed E-state index contributed by atoms with van der Waals surface area (Å²) >= 11 is 6.13. The minimum atomic E-state index is -0.327. The fourth-order valence-electron chi connectivity index (χ4n) is 3.62. The minimum absolute atomic E-state index is 0.148. The van der Waals surface area contributed by atoms with Crippen LogP contribution in [0.5, 0.6) is 0 Å². The van der Waals surface area contributed by atoms with Crippen molar-refractivity contribution in [3.8, 4) is 0 Å². The summed E-state index contributed by atoms with van der Waals surface area (Å²) in [5.41, 5.74) is 3.64. The van der Waals surface area contributed by atoms with Gasteiger partial charge in [-0.05, 0) is 41.4 Å². The molecular weight excluding hydrogens is 393 g/mol. The van der Waals surface area contributed by atoms with Crippen LogP contribution in [0.15, 0.2) is 42.7 Å². The predicted octanol–water partition coefficient (Wildman–Crippen LogP) is 3.86. The molecule has 0 saturated carbocycles. The first-order valence-electron chi connectivity index (χ1n) is 9.17. The number of aryl methyl sites for hydroxylation is 1. The van der Waals surface area contributed by atoms with Crippen LogP contribution in [0.25, 0.3) is 10.9 Å². The summed E-state index contributed by atoms with van der Waals surface area (Å²) in [5, 5.41) is 8.29. The fourth-order valence-corrected chi connectivity index (χ4v) is 3.79. The van der Waals surface area contributed by atoms with Crippen LogP contribution in [0, 0.1) is 5.82 Å². The summed E-state index contributed by atoms with van der Waals surface area (Å²) in [6, 6.07) is 8.43. The molecule has 4 aromatic rings. The molecule has 1 aliphatic heterocycles. The summed E-state index contributed by atoms with van der Waals surface area (Å²) in [7, 11) is 1.87. The van der Waals surface area contributed by atoms with E-state index in [4.69, 9.17) is 11.6 Å². The molecule has 146 valence electrons. The molecule has 1 aliphatic rings. The molecule has 0 unspecified atom stereocenters. The number of pyridine rings is 1. The first-order chi connectivity index (χ1) is 14.1. The second kappa shape index (κ2) is 6.97. The quantitative estimate of drug-likeness (QED) is 0.518. The van der Waals surface area contributed by atoms with Gasteiger partial charge in [-0.2, -0.15) is 10.1 Å². The molecule has 0 spiro atoms. The highest BCUT2D eigenvalue weighted by molar-refractivity contribution is 6.28. The zero-order valence-electron chi connectivity index (χ0n) is 15.6. The molecule has 9 heteroatoms. The number of rotatable bonds is 3. The number of anilines is 3. The van der Waals surface area contributed by atoms with Gasteiger partial charge in [-0.15, -0.1) is 0 Å². The van der Waals surface area contributed by atoms with Crippen molar-refractivity contribution in [3.05, 3.63) is 65.1 Å². The molecule has 0 saturated heterocycles. The Kier molecular flexibility index (Phi) is 4.28. The lowest BCUT2D eigenvalue weighted by atomic mass is 10.0. The predicted molar refractivity (Wildman–Crippen MR) is 110 cm³/mol. The van der Waals surface area contributed by atoms with Gasteiger partial charge in [0.15, 0.2) is 0 Å². The summed E-state index contributed by atoms with van der Waals surface area (Å²) in [4.78, 5) is 15.3. The number of benzene rings is 1. The third kappa shape index (κ3) is 3.36. The number of fused-ring (bicyclic) bond motifs is 2. The summed E-state index contributed by atoms with van der Waals surface area (Å²) in [6.07, 6.45) is 4.33. The molecule has 0 aliphatic carbocycles. The lowest BCUT2D eigenvalue weighted by Gasteiger charge is -2.30. The van der Waals surface area contributed by atoms with Crippen molar-refractivity contribution >= 4 is 39.8 Å². The fraction of sp³-hybridized carbons (Fsp3) is 0.200. The maximum absolute atomic E-state index is 13.9. The zero-order chi connectivity index (χ0) is 20.0. The Balaban J connectivity index is 1.49. The van der Waals surface area contributed by atoms with Crippen LogP contribution in [0.2, 0.25) is 5.28 Å². The third-order valence-corrected chi connectivity index (χ3v) is 5.21. The number of nitrogens with zero attached hydrogens (tertiary/aromatic N) is 6. The van der Waals surface area contributed by atoms with Gasteiger partial charge in [0, 0.05) is 43.7 Å². The lowest BCUT2D eigenvalue weighted by Crippen LogP contribution is -2.32. The molecule has 1 N–H and O–H groups in total. The van der Waals surface area contributed by atoms with Gasteiger partial charge < -0.3 is 10.2 Å². The van der Waals surface area contributed by atoms with Gasteiger partial charge in [-0.1, -0.05) is 0 Å². The van der Waals surface area contributed by atoms with E-state index in [1.54, 1.807) is 16.9 Å². The normalized spacial score (nSPS) is 13.6. The first-order valence-corrected chi connectivity index (χ1v) is 9.55. The van der Waals surface area contributed by atoms with E-state index in [-0.39, 0.29) is 11.1 Å². The molecular formula is C20H17ClFN7. The molecule has 7 nitrogen and oxygen atoms in total. The van der Waals surface area contributed by atoms with Crippen LogP contribution in [0.1, 0.15) is 11.3 Å². The Labute approximate surface area is 171 Å². The molecule has 0 bridgehead atoms. The average Bonchev–Trinajstić information content (AvgIpc) is 3.11. The summed E-state index contributed by atoms with van der Waals surface area (Å²) in [5.74, 6) is 1.19. The standard InChI is InChI=1S/C20H17ClFN7/c1-28-18(4-6-24-28)25-14-8-12-11-29(7-5-16(12)23-10-14)19-15-9-13(22)2-3-17(15)26-20(21)27-19/h2-4,6,8-10,25H,5,7,11H2,1H3. The Morgan fingerprint density at radius 3 is 2.90 bits per heavy atom. The molecule has 0 amide bonds. The summed E-state index contributed by atoms with van der Waals surface area (Å²) < 4.78 is 15.6. The average molecular weight is 410 g/mol. The second-order valence-corrected chi connectivity index (χ2v) is 7.28. The monoisotopic (exact) mass is 409 g/mol. The van der Waals surface area contributed by atoms with E-state index in [1.165, 1.54) is 12.1 Å². The highest BCUT2D eigenvalue weighted by Gasteiger charge is 2.22. The van der Waals surface area contributed by atoms with Crippen LogP contribution in [0.3, 0.4) is 0 Å². The first kappa shape index (κ1) is 17.8. The molecule has 1 aromatic carbocycles. The van der Waals surface area contributed by atoms with E-state index in [2.05, 4.69) is 36.3 Å². The Morgan fingerprint density at radius 1 is 1.17 bits per heavy atom. The molecule has 29 heavy (non-hydrogen) atoms. The van der Waals surface area contributed by atoms with E-state index < -0.39 is 0 Å². The summed E-state index contributed by atoms with van der Waals surface area (Å²) in [6.45, 7) is 1.32. The van der Waals surface area contributed by atoms with Gasteiger partial charge >= 0.3 is 0 Å². The number of hydrogen-bond acceptors (Lipinski definition) is 6. The minimum Gasteiger partial charge on any atom is -0.351 e. The number of aromatic nitrogens is 5. The third-order valence-electron chi connectivity index (χ3n) is 5.04. The van der Waals surface area contributed by atoms with Crippen LogP contribution >= 0.6 is 11.6 Å². The van der Waals surface area contributed by atoms with Crippen molar-refractivity contribution in [1.82, 2.24) is 24.7 Å². The highest BCUT2D eigenvalue weighted by Crippen LogP contribution is 2.31. The zero-order valence-corrected chi connectivity index (χ0v) is 16.4. The van der Waals surface area contributed by atoms with Crippen molar-refractivity contribution in [2.24, 2.45) is 7.05 Å². The Bertz CT molecular complexity index is 1220. The van der Waals surface area contributed by atoms with E-state index in [0.717, 1.165) is 29.2 Å². The van der Waals surface area contributed by atoms with Gasteiger partial charge in [0.25, 0.3) is 0 Å². The van der Waals surface area contributed by atoms with Crippen LogP contribution in [0.4, 0.5) is 21.7 Å². The molecule has 3 aromatic heterocycles. The maximum atomic E-state index is 13.9. The Morgan fingerprint density at radius 2 is 2.07 bits per heavy atom. The van der Waals surface area contributed by atoms with Crippen molar-refractivity contribution in [3.63, 3.8) is 0 Å². The molecule has 0 fully saturated rings. The van der Waals surface area contributed by atoms with E-state index in [9.17, 15) is 4.39 Å². The van der Waals surface area contributed by atoms with Crippen molar-refractivity contribution in [2.75, 3.05) is 16.8 Å². The van der Waals surface area contributed by atoms with Crippen LogP contribution in [-0.4, -0.2) is 31.3 Å². The van der Waals surface area contributed by atoms with Crippen LogP contribution in [-0.2, 0) is 20.0 Å². The second-order valence-electron chi connectivity index (χ2n) is 6.94. The van der Waals surface area contributed by atoms with Gasteiger partial charge in [-0.25, -0.2) is 9.37 Å². The largest absolute Gasteiger partial charge is 0.351 e. The van der Waals surface area contributed by atoms with Gasteiger partial charge in [0.05, 0.1) is 23.6 Å².